The van der Waals surface area contributed by atoms with Gasteiger partial charge >= 0.3 is 0 Å². The second-order valence-electron chi connectivity index (χ2n) is 21.5. The highest BCUT2D eigenvalue weighted by Crippen LogP contribution is 2.48. The summed E-state index contributed by atoms with van der Waals surface area (Å²) in [7, 11) is 0. The van der Waals surface area contributed by atoms with Gasteiger partial charge < -0.3 is 20.4 Å². The zero-order valence-corrected chi connectivity index (χ0v) is 48.8. The van der Waals surface area contributed by atoms with E-state index in [2.05, 4.69) is 135 Å². The highest BCUT2D eigenvalue weighted by atomic mass is 32.2. The molecule has 0 radical (unpaired) electrons. The van der Waals surface area contributed by atoms with Crippen LogP contribution in [0.1, 0.15) is 305 Å². The molecule has 70 heavy (non-hydrogen) atoms. The largest absolute Gasteiger partial charge is 0.508 e. The Bertz CT molecular complexity index is 1870. The van der Waals surface area contributed by atoms with Crippen molar-refractivity contribution in [3.8, 4) is 23.0 Å². The molecule has 0 bridgehead atoms. The third-order valence-corrected chi connectivity index (χ3v) is 17.4. The molecule has 0 amide bonds. The quantitative estimate of drug-likeness (QED) is 0.0454. The molecule has 0 aliphatic carbocycles. The summed E-state index contributed by atoms with van der Waals surface area (Å²) in [6, 6.07) is 17.2. The van der Waals surface area contributed by atoms with Gasteiger partial charge in [-0.05, 0) is 192 Å². The van der Waals surface area contributed by atoms with Crippen molar-refractivity contribution < 1.29 is 20.4 Å². The number of aromatic hydroxyl groups is 4. The van der Waals surface area contributed by atoms with Crippen molar-refractivity contribution in [3.63, 3.8) is 0 Å². The minimum absolute atomic E-state index is 0.327. The predicted octanol–water partition coefficient (Wildman–Crippen LogP) is 21.7. The van der Waals surface area contributed by atoms with E-state index in [1.54, 1.807) is 0 Å². The van der Waals surface area contributed by atoms with Crippen LogP contribution in [0.3, 0.4) is 0 Å². The maximum absolute atomic E-state index is 11.0. The van der Waals surface area contributed by atoms with E-state index in [-0.39, 0.29) is 0 Å². The topological polar surface area (TPSA) is 80.9 Å². The van der Waals surface area contributed by atoms with E-state index in [1.165, 1.54) is 41.8 Å². The summed E-state index contributed by atoms with van der Waals surface area (Å²) in [6.45, 7) is 35.8. The van der Waals surface area contributed by atoms with Gasteiger partial charge in [-0.1, -0.05) is 186 Å². The maximum Gasteiger partial charge on any atom is 0.119 e. The Morgan fingerprint density at radius 1 is 0.257 bits per heavy atom. The van der Waals surface area contributed by atoms with E-state index in [0.717, 1.165) is 125 Å². The first-order valence-electron chi connectivity index (χ1n) is 28.2. The lowest BCUT2D eigenvalue weighted by Gasteiger charge is -2.24. The predicted molar refractivity (Wildman–Crippen MR) is 307 cm³/mol. The number of rotatable bonds is 28. The number of benzene rings is 4. The van der Waals surface area contributed by atoms with Gasteiger partial charge in [0.15, 0.2) is 0 Å². The second-order valence-corrected chi connectivity index (χ2v) is 23.7. The van der Waals surface area contributed by atoms with E-state index >= 15 is 0 Å². The summed E-state index contributed by atoms with van der Waals surface area (Å²) in [4.78, 5) is 5.02. The fraction of sp³-hybridized carbons (Fsp3) is 0.625. The Kier molecular flexibility index (Phi) is 26.8. The van der Waals surface area contributed by atoms with Gasteiger partial charge in [0.2, 0.25) is 0 Å². The molecule has 0 saturated carbocycles. The molecule has 8 unspecified atom stereocenters. The van der Waals surface area contributed by atoms with Crippen molar-refractivity contribution >= 4 is 23.5 Å². The first-order chi connectivity index (χ1) is 33.3. The lowest BCUT2D eigenvalue weighted by Crippen LogP contribution is -2.03. The van der Waals surface area contributed by atoms with Crippen LogP contribution in [-0.4, -0.2) is 20.4 Å². The SMILES string of the molecule is CCCC(C)c1cc(Sc2cc(C(C)CCC)c(O)cc2C(C)CCC)c(C(C)CCC)cc1O.CCCC(C)c1cc(Sc2cc(C(C)CCC)c(O)cc2C(C)CCC)c(C(C)CCC)cc1O. The van der Waals surface area contributed by atoms with Crippen LogP contribution in [0.15, 0.2) is 68.1 Å². The van der Waals surface area contributed by atoms with Crippen LogP contribution in [0.25, 0.3) is 0 Å². The van der Waals surface area contributed by atoms with E-state index in [1.807, 2.05) is 47.8 Å². The van der Waals surface area contributed by atoms with Gasteiger partial charge in [-0.25, -0.2) is 0 Å². The van der Waals surface area contributed by atoms with Gasteiger partial charge in [0.25, 0.3) is 0 Å². The number of phenolic OH excluding ortho intramolecular Hbond substituents is 4. The van der Waals surface area contributed by atoms with Crippen LogP contribution in [0.4, 0.5) is 0 Å². The highest BCUT2D eigenvalue weighted by Gasteiger charge is 2.25. The van der Waals surface area contributed by atoms with Crippen molar-refractivity contribution in [3.05, 3.63) is 93.0 Å². The molecule has 8 atom stereocenters. The van der Waals surface area contributed by atoms with Crippen LogP contribution >= 0.6 is 23.5 Å². The summed E-state index contributed by atoms with van der Waals surface area (Å²) in [6.07, 6.45) is 17.6. The van der Waals surface area contributed by atoms with Crippen LogP contribution < -0.4 is 0 Å². The van der Waals surface area contributed by atoms with Gasteiger partial charge in [0.05, 0.1) is 0 Å². The van der Waals surface area contributed by atoms with E-state index in [9.17, 15) is 20.4 Å². The molecule has 4 rings (SSSR count). The number of phenols is 4. The van der Waals surface area contributed by atoms with Gasteiger partial charge in [-0.15, -0.1) is 0 Å². The second kappa shape index (κ2) is 30.7. The molecule has 0 heterocycles. The fourth-order valence-corrected chi connectivity index (χ4v) is 13.5. The Balaban J connectivity index is 0.000000370. The molecule has 0 spiro atoms. The molecule has 0 fully saturated rings. The number of hydrogen-bond donors (Lipinski definition) is 4. The Labute approximate surface area is 438 Å². The molecule has 4 N–H and O–H groups in total. The Morgan fingerprint density at radius 2 is 0.400 bits per heavy atom. The molecule has 0 saturated heterocycles. The van der Waals surface area contributed by atoms with Crippen molar-refractivity contribution in [2.24, 2.45) is 0 Å². The highest BCUT2D eigenvalue weighted by molar-refractivity contribution is 7.99. The molecule has 4 aromatic carbocycles. The maximum atomic E-state index is 11.0. The molecular formula is C64H100O4S2. The van der Waals surface area contributed by atoms with Gasteiger partial charge in [0.1, 0.15) is 23.0 Å². The normalized spacial score (nSPS) is 15.1. The molecule has 0 aliphatic heterocycles. The van der Waals surface area contributed by atoms with Gasteiger partial charge in [0, 0.05) is 19.6 Å². The molecule has 6 heteroatoms. The molecular weight excluding hydrogens is 897 g/mol. The molecule has 0 aliphatic rings. The first-order valence-corrected chi connectivity index (χ1v) is 29.8. The lowest BCUT2D eigenvalue weighted by atomic mass is 9.90. The van der Waals surface area contributed by atoms with Crippen LogP contribution in [-0.2, 0) is 0 Å². The molecule has 0 aromatic heterocycles. The molecule has 4 nitrogen and oxygen atoms in total. The monoisotopic (exact) mass is 997 g/mol. The summed E-state index contributed by atoms with van der Waals surface area (Å²) in [5.74, 6) is 4.61. The summed E-state index contributed by atoms with van der Waals surface area (Å²) < 4.78 is 0. The molecule has 4 aromatic rings. The van der Waals surface area contributed by atoms with E-state index in [4.69, 9.17) is 0 Å². The smallest absolute Gasteiger partial charge is 0.119 e. The third-order valence-electron chi connectivity index (χ3n) is 15.1. The molecule has 392 valence electrons. The van der Waals surface area contributed by atoms with Crippen LogP contribution in [0, 0.1) is 0 Å². The van der Waals surface area contributed by atoms with Gasteiger partial charge in [-0.2, -0.15) is 0 Å². The fourth-order valence-electron chi connectivity index (χ4n) is 10.8. The average molecular weight is 998 g/mol. The lowest BCUT2D eigenvalue weighted by molar-refractivity contribution is 0.456. The summed E-state index contributed by atoms with van der Waals surface area (Å²) in [5.41, 5.74) is 9.21. The standard InChI is InChI=1S/2C32H50O2S/c2*1-9-13-21(5)25-19-31(27(17-29(25)33)23(7)15-11-3)35-32-20-26(22(6)14-10-2)30(34)18-28(32)24(8)16-12-4/h2*17-24,33-34H,9-16H2,1-8H3. The van der Waals surface area contributed by atoms with E-state index in [0.29, 0.717) is 70.3 Å². The number of hydrogen-bond acceptors (Lipinski definition) is 6. The average Bonchev–Trinajstić information content (AvgIpc) is 3.31. The Morgan fingerprint density at radius 3 is 0.543 bits per heavy atom. The van der Waals surface area contributed by atoms with Crippen molar-refractivity contribution in [2.45, 2.75) is 280 Å². The minimum Gasteiger partial charge on any atom is -0.508 e. The summed E-state index contributed by atoms with van der Waals surface area (Å²) in [5, 5.41) is 43.9. The third kappa shape index (κ3) is 16.9. The van der Waals surface area contributed by atoms with E-state index < -0.39 is 0 Å². The van der Waals surface area contributed by atoms with Crippen LogP contribution in [0.5, 0.6) is 23.0 Å². The van der Waals surface area contributed by atoms with Crippen molar-refractivity contribution in [2.75, 3.05) is 0 Å². The zero-order chi connectivity index (χ0) is 52.2. The Hall–Kier alpha value is -3.22. The first kappa shape index (κ1) is 61.1. The summed E-state index contributed by atoms with van der Waals surface area (Å²) >= 11 is 3.69. The van der Waals surface area contributed by atoms with Crippen LogP contribution in [0.2, 0.25) is 0 Å². The van der Waals surface area contributed by atoms with Crippen molar-refractivity contribution in [1.82, 2.24) is 0 Å². The zero-order valence-electron chi connectivity index (χ0n) is 47.2. The minimum atomic E-state index is 0.327. The van der Waals surface area contributed by atoms with Gasteiger partial charge in [-0.3, -0.25) is 0 Å². The van der Waals surface area contributed by atoms with Crippen molar-refractivity contribution in [1.29, 1.82) is 0 Å².